The highest BCUT2D eigenvalue weighted by atomic mass is 79.9. The summed E-state index contributed by atoms with van der Waals surface area (Å²) in [6.45, 7) is 2.98. The van der Waals surface area contributed by atoms with Crippen LogP contribution in [0.2, 0.25) is 0 Å². The van der Waals surface area contributed by atoms with E-state index in [-0.39, 0.29) is 23.5 Å². The summed E-state index contributed by atoms with van der Waals surface area (Å²) in [5, 5.41) is 0. The second kappa shape index (κ2) is 8.21. The zero-order valence-electron chi connectivity index (χ0n) is 15.4. The van der Waals surface area contributed by atoms with Crippen molar-refractivity contribution in [3.05, 3.63) is 63.9 Å². The minimum atomic E-state index is -0.371. The van der Waals surface area contributed by atoms with Gasteiger partial charge in [0.2, 0.25) is 5.91 Å². The number of aryl methyl sites for hydroxylation is 1. The van der Waals surface area contributed by atoms with Crippen LogP contribution in [-0.4, -0.2) is 36.9 Å². The van der Waals surface area contributed by atoms with Crippen molar-refractivity contribution in [2.24, 2.45) is 5.92 Å². The molecule has 1 aliphatic heterocycles. The first-order valence-electron chi connectivity index (χ1n) is 8.95. The summed E-state index contributed by atoms with van der Waals surface area (Å²) in [5.74, 6) is -0.760. The third-order valence-electron chi connectivity index (χ3n) is 5.01. The zero-order valence-corrected chi connectivity index (χ0v) is 17.0. The molecule has 142 valence electrons. The number of benzene rings is 2. The number of carbonyl (C=O) groups is 2. The van der Waals surface area contributed by atoms with Gasteiger partial charge in [0.15, 0.2) is 0 Å². The molecule has 1 heterocycles. The number of amides is 2. The Kier molecular flexibility index (Phi) is 5.95. The number of hydrogen-bond donors (Lipinski definition) is 0. The summed E-state index contributed by atoms with van der Waals surface area (Å²) < 4.78 is 14.1. The van der Waals surface area contributed by atoms with Crippen molar-refractivity contribution in [2.45, 2.75) is 19.8 Å². The molecule has 1 atom stereocenters. The van der Waals surface area contributed by atoms with Crippen LogP contribution in [0.1, 0.15) is 28.8 Å². The van der Waals surface area contributed by atoms with Crippen LogP contribution in [0.5, 0.6) is 0 Å². The number of halogens is 2. The molecule has 6 heteroatoms. The van der Waals surface area contributed by atoms with Gasteiger partial charge in [-0.25, -0.2) is 4.39 Å². The van der Waals surface area contributed by atoms with Crippen LogP contribution in [0.15, 0.2) is 46.9 Å². The van der Waals surface area contributed by atoms with E-state index in [0.29, 0.717) is 18.7 Å². The van der Waals surface area contributed by atoms with Crippen molar-refractivity contribution in [2.75, 3.05) is 25.0 Å². The molecular weight excluding hydrogens is 411 g/mol. The molecule has 1 saturated heterocycles. The van der Waals surface area contributed by atoms with Gasteiger partial charge in [-0.05, 0) is 67.8 Å². The first-order valence-corrected chi connectivity index (χ1v) is 9.74. The van der Waals surface area contributed by atoms with Crippen molar-refractivity contribution in [1.82, 2.24) is 4.90 Å². The van der Waals surface area contributed by atoms with Crippen LogP contribution in [0.25, 0.3) is 0 Å². The molecule has 4 nitrogen and oxygen atoms in total. The quantitative estimate of drug-likeness (QED) is 0.720. The summed E-state index contributed by atoms with van der Waals surface area (Å²) in [4.78, 5) is 29.0. The zero-order chi connectivity index (χ0) is 19.6. The SMILES string of the molecule is Cc1cc(N(C)C(=O)C2CCCN(C(=O)c3ccc(F)cc3)C2)ccc1Br. The fourth-order valence-electron chi connectivity index (χ4n) is 3.38. The number of carbonyl (C=O) groups excluding carboxylic acids is 2. The summed E-state index contributed by atoms with van der Waals surface area (Å²) in [6.07, 6.45) is 1.53. The van der Waals surface area contributed by atoms with Crippen molar-refractivity contribution >= 4 is 33.4 Å². The number of piperidine rings is 1. The molecule has 1 aliphatic rings. The van der Waals surface area contributed by atoms with E-state index in [1.165, 1.54) is 24.3 Å². The van der Waals surface area contributed by atoms with Crippen LogP contribution in [0, 0.1) is 18.7 Å². The van der Waals surface area contributed by atoms with E-state index < -0.39 is 0 Å². The van der Waals surface area contributed by atoms with Gasteiger partial charge in [-0.2, -0.15) is 0 Å². The Labute approximate surface area is 167 Å². The number of anilines is 1. The smallest absolute Gasteiger partial charge is 0.253 e. The van der Waals surface area contributed by atoms with Crippen molar-refractivity contribution in [3.8, 4) is 0 Å². The Bertz CT molecular complexity index is 854. The van der Waals surface area contributed by atoms with Gasteiger partial charge in [-0.15, -0.1) is 0 Å². The Morgan fingerprint density at radius 3 is 2.56 bits per heavy atom. The van der Waals surface area contributed by atoms with Gasteiger partial charge in [-0.1, -0.05) is 15.9 Å². The molecule has 2 aromatic carbocycles. The highest BCUT2D eigenvalue weighted by Crippen LogP contribution is 2.26. The minimum absolute atomic E-state index is 0.00771. The molecule has 0 saturated carbocycles. The van der Waals surface area contributed by atoms with Gasteiger partial charge in [-0.3, -0.25) is 9.59 Å². The predicted molar refractivity (Wildman–Crippen MR) is 107 cm³/mol. The largest absolute Gasteiger partial charge is 0.338 e. The second-order valence-corrected chi connectivity index (χ2v) is 7.78. The molecule has 27 heavy (non-hydrogen) atoms. The first-order chi connectivity index (χ1) is 12.9. The molecule has 2 aromatic rings. The molecule has 3 rings (SSSR count). The maximum atomic E-state index is 13.1. The lowest BCUT2D eigenvalue weighted by molar-refractivity contribution is -0.123. The molecule has 0 spiro atoms. The molecule has 1 unspecified atom stereocenters. The minimum Gasteiger partial charge on any atom is -0.338 e. The lowest BCUT2D eigenvalue weighted by Crippen LogP contribution is -2.46. The Hall–Kier alpha value is -2.21. The van der Waals surface area contributed by atoms with Gasteiger partial charge in [0.05, 0.1) is 5.92 Å². The number of likely N-dealkylation sites (tertiary alicyclic amines) is 1. The van der Waals surface area contributed by atoms with Gasteiger partial charge in [0.25, 0.3) is 5.91 Å². The van der Waals surface area contributed by atoms with E-state index in [9.17, 15) is 14.0 Å². The van der Waals surface area contributed by atoms with Crippen LogP contribution in [0.3, 0.4) is 0 Å². The van der Waals surface area contributed by atoms with E-state index in [1.54, 1.807) is 16.8 Å². The Morgan fingerprint density at radius 2 is 1.89 bits per heavy atom. The van der Waals surface area contributed by atoms with Crippen LogP contribution >= 0.6 is 15.9 Å². The third kappa shape index (κ3) is 4.38. The maximum Gasteiger partial charge on any atom is 0.253 e. The van der Waals surface area contributed by atoms with Crippen molar-refractivity contribution in [1.29, 1.82) is 0 Å². The summed E-state index contributed by atoms with van der Waals surface area (Å²) in [7, 11) is 1.77. The van der Waals surface area contributed by atoms with E-state index in [1.807, 2.05) is 25.1 Å². The molecule has 1 fully saturated rings. The van der Waals surface area contributed by atoms with Crippen LogP contribution in [-0.2, 0) is 4.79 Å². The fraction of sp³-hybridized carbons (Fsp3) is 0.333. The Balaban J connectivity index is 1.71. The molecular formula is C21H22BrFN2O2. The van der Waals surface area contributed by atoms with E-state index in [4.69, 9.17) is 0 Å². The highest BCUT2D eigenvalue weighted by molar-refractivity contribution is 9.10. The fourth-order valence-corrected chi connectivity index (χ4v) is 3.62. The van der Waals surface area contributed by atoms with Gasteiger partial charge >= 0.3 is 0 Å². The first kappa shape index (κ1) is 19.5. The number of rotatable bonds is 3. The van der Waals surface area contributed by atoms with E-state index in [2.05, 4.69) is 15.9 Å². The normalized spacial score (nSPS) is 16.9. The summed E-state index contributed by atoms with van der Waals surface area (Å²) in [6, 6.07) is 11.3. The lowest BCUT2D eigenvalue weighted by Gasteiger charge is -2.34. The molecule has 0 aromatic heterocycles. The molecule has 0 N–H and O–H groups in total. The van der Waals surface area contributed by atoms with Crippen molar-refractivity contribution < 1.29 is 14.0 Å². The summed E-state index contributed by atoms with van der Waals surface area (Å²) >= 11 is 3.47. The van der Waals surface area contributed by atoms with E-state index in [0.717, 1.165) is 28.6 Å². The highest BCUT2D eigenvalue weighted by Gasteiger charge is 2.31. The average Bonchev–Trinajstić information content (AvgIpc) is 2.69. The Morgan fingerprint density at radius 1 is 1.19 bits per heavy atom. The third-order valence-corrected chi connectivity index (χ3v) is 5.90. The molecule has 2 amide bonds. The van der Waals surface area contributed by atoms with Gasteiger partial charge in [0, 0.05) is 35.9 Å². The van der Waals surface area contributed by atoms with Gasteiger partial charge in [0.1, 0.15) is 5.82 Å². The van der Waals surface area contributed by atoms with Gasteiger partial charge < -0.3 is 9.80 Å². The number of nitrogens with zero attached hydrogens (tertiary/aromatic N) is 2. The topological polar surface area (TPSA) is 40.6 Å². The standard InChI is InChI=1S/C21H22BrFN2O2/c1-14-12-18(9-10-19(14)22)24(2)20(26)16-4-3-11-25(13-16)21(27)15-5-7-17(23)8-6-15/h5-10,12,16H,3-4,11,13H2,1-2H3. The lowest BCUT2D eigenvalue weighted by atomic mass is 9.95. The maximum absolute atomic E-state index is 13.1. The van der Waals surface area contributed by atoms with Crippen LogP contribution in [0.4, 0.5) is 10.1 Å². The molecule has 0 radical (unpaired) electrons. The van der Waals surface area contributed by atoms with Crippen LogP contribution < -0.4 is 4.90 Å². The second-order valence-electron chi connectivity index (χ2n) is 6.93. The average molecular weight is 433 g/mol. The van der Waals surface area contributed by atoms with E-state index >= 15 is 0 Å². The monoisotopic (exact) mass is 432 g/mol. The molecule has 0 bridgehead atoms. The molecule has 0 aliphatic carbocycles. The number of hydrogen-bond acceptors (Lipinski definition) is 2. The van der Waals surface area contributed by atoms with Crippen molar-refractivity contribution in [3.63, 3.8) is 0 Å². The summed E-state index contributed by atoms with van der Waals surface area (Å²) in [5.41, 5.74) is 2.34. The predicted octanol–water partition coefficient (Wildman–Crippen LogP) is 4.41.